The number of hydrogen-bond acceptors (Lipinski definition) is 4. The van der Waals surface area contributed by atoms with Crippen LogP contribution in [0.4, 0.5) is 0 Å². The lowest BCUT2D eigenvalue weighted by Crippen LogP contribution is -2.25. The van der Waals surface area contributed by atoms with Gasteiger partial charge in [-0.25, -0.2) is 0 Å². The molecule has 0 radical (unpaired) electrons. The Morgan fingerprint density at radius 2 is 2.00 bits per heavy atom. The van der Waals surface area contributed by atoms with Gasteiger partial charge in [-0.2, -0.15) is 0 Å². The lowest BCUT2D eigenvalue weighted by Gasteiger charge is -2.20. The number of nitrogens with two attached hydrogens (primary N) is 1. The third kappa shape index (κ3) is 5.18. The molecule has 1 rings (SSSR count). The van der Waals surface area contributed by atoms with Crippen LogP contribution in [0.15, 0.2) is 24.3 Å². The van der Waals surface area contributed by atoms with Crippen LogP contribution in [0.5, 0.6) is 11.5 Å². The van der Waals surface area contributed by atoms with Crippen molar-refractivity contribution in [3.8, 4) is 11.5 Å². The van der Waals surface area contributed by atoms with E-state index in [9.17, 15) is 4.79 Å². The number of hydrogen-bond donors (Lipinski definition) is 2. The second-order valence-electron chi connectivity index (χ2n) is 4.51. The molecule has 0 aliphatic carbocycles. The zero-order chi connectivity index (χ0) is 14.3. The summed E-state index contributed by atoms with van der Waals surface area (Å²) in [5, 5.41) is 8.78. The number of benzene rings is 1. The van der Waals surface area contributed by atoms with Crippen LogP contribution in [0.25, 0.3) is 0 Å². The highest BCUT2D eigenvalue weighted by atomic mass is 16.5. The fourth-order valence-electron chi connectivity index (χ4n) is 1.96. The highest BCUT2D eigenvalue weighted by molar-refractivity contribution is 5.67. The molecule has 0 amide bonds. The van der Waals surface area contributed by atoms with E-state index in [2.05, 4.69) is 0 Å². The molecule has 106 valence electrons. The van der Waals surface area contributed by atoms with Gasteiger partial charge in [-0.05, 0) is 37.9 Å². The summed E-state index contributed by atoms with van der Waals surface area (Å²) in [4.78, 5) is 10.7. The molecule has 0 saturated carbocycles. The van der Waals surface area contributed by atoms with Gasteiger partial charge in [0, 0.05) is 6.42 Å². The van der Waals surface area contributed by atoms with E-state index in [1.54, 1.807) is 7.11 Å². The monoisotopic (exact) mass is 267 g/mol. The predicted octanol–water partition coefficient (Wildman–Crippen LogP) is 1.90. The maximum Gasteiger partial charge on any atom is 0.303 e. The Morgan fingerprint density at radius 1 is 1.37 bits per heavy atom. The van der Waals surface area contributed by atoms with Gasteiger partial charge in [0.15, 0.2) is 11.5 Å². The van der Waals surface area contributed by atoms with Gasteiger partial charge >= 0.3 is 5.97 Å². The van der Waals surface area contributed by atoms with Gasteiger partial charge in [0.05, 0.1) is 13.2 Å². The molecule has 3 N–H and O–H groups in total. The standard InChI is InChI=1S/C14H21NO4/c1-10(7-11(9-15)8-14(16)17)19-13-6-4-3-5-12(13)18-2/h3-6,10-11H,7-9,15H2,1-2H3,(H,16,17)/t10-,11-/m0/s1. The number of aliphatic carboxylic acids is 1. The second kappa shape index (κ2) is 7.63. The molecule has 19 heavy (non-hydrogen) atoms. The van der Waals surface area contributed by atoms with E-state index in [0.717, 1.165) is 0 Å². The number of methoxy groups -OCH3 is 1. The summed E-state index contributed by atoms with van der Waals surface area (Å²) in [6.07, 6.45) is 0.543. The Labute approximate surface area is 113 Å². The number of ether oxygens (including phenoxy) is 2. The smallest absolute Gasteiger partial charge is 0.303 e. The minimum atomic E-state index is -0.833. The normalized spacial score (nSPS) is 13.6. The van der Waals surface area contributed by atoms with Crippen LogP contribution in [-0.4, -0.2) is 30.8 Å². The van der Waals surface area contributed by atoms with Gasteiger partial charge in [0.1, 0.15) is 0 Å². The van der Waals surface area contributed by atoms with Crippen molar-refractivity contribution in [2.75, 3.05) is 13.7 Å². The first kappa shape index (κ1) is 15.3. The largest absolute Gasteiger partial charge is 0.493 e. The quantitative estimate of drug-likeness (QED) is 0.751. The van der Waals surface area contributed by atoms with Crippen LogP contribution in [0.3, 0.4) is 0 Å². The molecule has 0 unspecified atom stereocenters. The molecule has 0 aliphatic heterocycles. The number of carboxylic acids is 1. The topological polar surface area (TPSA) is 81.8 Å². The predicted molar refractivity (Wildman–Crippen MR) is 72.5 cm³/mol. The molecular formula is C14H21NO4. The maximum atomic E-state index is 10.7. The average molecular weight is 267 g/mol. The summed E-state index contributed by atoms with van der Waals surface area (Å²) in [5.41, 5.74) is 5.58. The lowest BCUT2D eigenvalue weighted by atomic mass is 9.99. The van der Waals surface area contributed by atoms with E-state index in [4.69, 9.17) is 20.3 Å². The molecule has 5 heteroatoms. The summed E-state index contributed by atoms with van der Waals surface area (Å²) in [7, 11) is 1.58. The first-order chi connectivity index (χ1) is 9.06. The Kier molecular flexibility index (Phi) is 6.15. The number of rotatable bonds is 8. The van der Waals surface area contributed by atoms with Crippen molar-refractivity contribution in [1.82, 2.24) is 0 Å². The number of carbonyl (C=O) groups is 1. The van der Waals surface area contributed by atoms with E-state index >= 15 is 0 Å². The molecule has 0 aromatic heterocycles. The van der Waals surface area contributed by atoms with Crippen LogP contribution in [0, 0.1) is 5.92 Å². The first-order valence-corrected chi connectivity index (χ1v) is 6.28. The first-order valence-electron chi connectivity index (χ1n) is 6.28. The molecule has 0 spiro atoms. The van der Waals surface area contributed by atoms with Crippen molar-refractivity contribution in [2.24, 2.45) is 11.7 Å². The van der Waals surface area contributed by atoms with Gasteiger partial charge in [0.2, 0.25) is 0 Å². The van der Waals surface area contributed by atoms with E-state index in [1.165, 1.54) is 0 Å². The molecule has 0 bridgehead atoms. The SMILES string of the molecule is COc1ccccc1O[C@@H](C)C[C@H](CN)CC(=O)O. The minimum absolute atomic E-state index is 0.0656. The van der Waals surface area contributed by atoms with E-state index in [-0.39, 0.29) is 18.4 Å². The van der Waals surface area contributed by atoms with Crippen LogP contribution >= 0.6 is 0 Å². The van der Waals surface area contributed by atoms with Crippen LogP contribution in [-0.2, 0) is 4.79 Å². The lowest BCUT2D eigenvalue weighted by molar-refractivity contribution is -0.138. The highest BCUT2D eigenvalue weighted by Crippen LogP contribution is 2.28. The third-order valence-electron chi connectivity index (χ3n) is 2.86. The summed E-state index contributed by atoms with van der Waals surface area (Å²) < 4.78 is 11.0. The summed E-state index contributed by atoms with van der Waals surface area (Å²) >= 11 is 0. The molecular weight excluding hydrogens is 246 g/mol. The third-order valence-corrected chi connectivity index (χ3v) is 2.86. The van der Waals surface area contributed by atoms with E-state index in [1.807, 2.05) is 31.2 Å². The van der Waals surface area contributed by atoms with Crippen molar-refractivity contribution in [3.05, 3.63) is 24.3 Å². The summed E-state index contributed by atoms with van der Waals surface area (Å²) in [6.45, 7) is 2.24. The number of carboxylic acid groups (broad SMARTS) is 1. The Hall–Kier alpha value is -1.75. The van der Waals surface area contributed by atoms with Crippen LogP contribution in [0.1, 0.15) is 19.8 Å². The molecule has 1 aromatic rings. The zero-order valence-corrected chi connectivity index (χ0v) is 11.3. The second-order valence-corrected chi connectivity index (χ2v) is 4.51. The molecule has 0 heterocycles. The summed E-state index contributed by atoms with van der Waals surface area (Å²) in [6, 6.07) is 7.37. The van der Waals surface area contributed by atoms with E-state index in [0.29, 0.717) is 24.5 Å². The molecule has 0 aliphatic rings. The molecule has 2 atom stereocenters. The molecule has 5 nitrogen and oxygen atoms in total. The minimum Gasteiger partial charge on any atom is -0.493 e. The van der Waals surface area contributed by atoms with Crippen molar-refractivity contribution >= 4 is 5.97 Å². The van der Waals surface area contributed by atoms with Gasteiger partial charge in [0.25, 0.3) is 0 Å². The van der Waals surface area contributed by atoms with Crippen molar-refractivity contribution in [2.45, 2.75) is 25.9 Å². The Morgan fingerprint density at radius 3 is 2.53 bits per heavy atom. The van der Waals surface area contributed by atoms with E-state index < -0.39 is 5.97 Å². The fourth-order valence-corrected chi connectivity index (χ4v) is 1.96. The van der Waals surface area contributed by atoms with Crippen molar-refractivity contribution < 1.29 is 19.4 Å². The molecule has 0 saturated heterocycles. The number of para-hydroxylation sites is 2. The van der Waals surface area contributed by atoms with Gasteiger partial charge in [-0.3, -0.25) is 4.79 Å². The highest BCUT2D eigenvalue weighted by Gasteiger charge is 2.17. The van der Waals surface area contributed by atoms with Crippen LogP contribution in [0.2, 0.25) is 0 Å². The summed E-state index contributed by atoms with van der Waals surface area (Å²) in [5.74, 6) is 0.405. The van der Waals surface area contributed by atoms with Crippen molar-refractivity contribution in [1.29, 1.82) is 0 Å². The molecule has 1 aromatic carbocycles. The van der Waals surface area contributed by atoms with Crippen LogP contribution < -0.4 is 15.2 Å². The van der Waals surface area contributed by atoms with Gasteiger partial charge in [-0.1, -0.05) is 12.1 Å². The van der Waals surface area contributed by atoms with Gasteiger partial charge in [-0.15, -0.1) is 0 Å². The maximum absolute atomic E-state index is 10.7. The average Bonchev–Trinajstić information content (AvgIpc) is 2.38. The Bertz CT molecular complexity index is 408. The fraction of sp³-hybridized carbons (Fsp3) is 0.500. The molecule has 0 fully saturated rings. The zero-order valence-electron chi connectivity index (χ0n) is 11.3. The van der Waals surface area contributed by atoms with Gasteiger partial charge < -0.3 is 20.3 Å². The van der Waals surface area contributed by atoms with Crippen molar-refractivity contribution in [3.63, 3.8) is 0 Å². The Balaban J connectivity index is 2.58.